The Morgan fingerprint density at radius 1 is 1.23 bits per heavy atom. The van der Waals surface area contributed by atoms with E-state index >= 15 is 0 Å². The molecule has 0 radical (unpaired) electrons. The Morgan fingerprint density at radius 2 is 1.97 bits per heavy atom. The number of methoxy groups -OCH3 is 2. The van der Waals surface area contributed by atoms with Crippen molar-refractivity contribution in [3.8, 4) is 11.5 Å². The van der Waals surface area contributed by atoms with Crippen molar-refractivity contribution >= 4 is 35.4 Å². The van der Waals surface area contributed by atoms with Gasteiger partial charge in [0.2, 0.25) is 5.91 Å². The smallest absolute Gasteiger partial charge is 0.267 e. The van der Waals surface area contributed by atoms with Crippen molar-refractivity contribution < 1.29 is 19.1 Å². The van der Waals surface area contributed by atoms with Crippen LogP contribution in [-0.2, 0) is 9.59 Å². The molecule has 2 aromatic carbocycles. The molecular formula is C21H22ClN5O4. The number of fused-ring (bicyclic) bond motifs is 1. The van der Waals surface area contributed by atoms with Crippen LogP contribution in [-0.4, -0.2) is 55.0 Å². The number of carbonyl (C=O) groups excluding carboxylic acids is 2. The minimum absolute atomic E-state index is 0.000999. The predicted molar refractivity (Wildman–Crippen MR) is 116 cm³/mol. The highest BCUT2D eigenvalue weighted by Gasteiger charge is 2.41. The minimum Gasteiger partial charge on any atom is -0.495 e. The molecule has 2 aromatic rings. The number of amides is 2. The van der Waals surface area contributed by atoms with E-state index < -0.39 is 11.9 Å². The van der Waals surface area contributed by atoms with Crippen molar-refractivity contribution in [3.63, 3.8) is 0 Å². The van der Waals surface area contributed by atoms with Crippen LogP contribution in [0.15, 0.2) is 47.6 Å². The molecule has 2 N–H and O–H groups in total. The lowest BCUT2D eigenvalue weighted by Gasteiger charge is -2.29. The number of carbonyl (C=O) groups is 2. The highest BCUT2D eigenvalue weighted by Crippen LogP contribution is 2.36. The Balaban J connectivity index is 1.42. The molecule has 2 aliphatic heterocycles. The van der Waals surface area contributed by atoms with Gasteiger partial charge in [-0.1, -0.05) is 41.9 Å². The summed E-state index contributed by atoms with van der Waals surface area (Å²) in [5.74, 6) is 0.140. The van der Waals surface area contributed by atoms with Crippen LogP contribution in [0.2, 0.25) is 5.02 Å². The van der Waals surface area contributed by atoms with Crippen molar-refractivity contribution in [2.75, 3.05) is 26.1 Å². The molecule has 1 saturated heterocycles. The summed E-state index contributed by atoms with van der Waals surface area (Å²) in [5, 5.41) is 10.0. The number of nitrogens with one attached hydrogen (secondary N) is 2. The summed E-state index contributed by atoms with van der Waals surface area (Å²) in [4.78, 5) is 25.5. The van der Waals surface area contributed by atoms with Gasteiger partial charge in [0, 0.05) is 6.07 Å². The van der Waals surface area contributed by atoms with E-state index in [1.807, 2.05) is 30.3 Å². The van der Waals surface area contributed by atoms with Gasteiger partial charge in [-0.25, -0.2) is 10.4 Å². The molecule has 2 unspecified atom stereocenters. The molecule has 0 saturated carbocycles. The first-order chi connectivity index (χ1) is 15.0. The van der Waals surface area contributed by atoms with E-state index in [4.69, 9.17) is 21.1 Å². The van der Waals surface area contributed by atoms with Crippen LogP contribution in [0, 0.1) is 0 Å². The number of nitrogens with zero attached hydrogens (tertiary/aromatic N) is 3. The highest BCUT2D eigenvalue weighted by molar-refractivity contribution is 6.32. The zero-order chi connectivity index (χ0) is 22.0. The molecule has 2 amide bonds. The van der Waals surface area contributed by atoms with Gasteiger partial charge >= 0.3 is 0 Å². The lowest BCUT2D eigenvalue weighted by molar-refractivity contribution is -0.139. The molecule has 2 heterocycles. The molecule has 0 aromatic heterocycles. The van der Waals surface area contributed by atoms with Crippen LogP contribution in [0.1, 0.15) is 18.0 Å². The number of rotatable bonds is 6. The second kappa shape index (κ2) is 8.83. The monoisotopic (exact) mass is 443 g/mol. The lowest BCUT2D eigenvalue weighted by Crippen LogP contribution is -2.52. The first-order valence-electron chi connectivity index (χ1n) is 9.66. The Kier molecular flexibility index (Phi) is 5.97. The van der Waals surface area contributed by atoms with E-state index in [0.29, 0.717) is 28.6 Å². The van der Waals surface area contributed by atoms with Crippen LogP contribution < -0.4 is 20.2 Å². The van der Waals surface area contributed by atoms with Gasteiger partial charge in [0.25, 0.3) is 5.91 Å². The quantitative estimate of drug-likeness (QED) is 0.711. The molecular weight excluding hydrogens is 422 g/mol. The third kappa shape index (κ3) is 4.28. The summed E-state index contributed by atoms with van der Waals surface area (Å²) < 4.78 is 10.4. The fraction of sp³-hybridized carbons (Fsp3) is 0.286. The predicted octanol–water partition coefficient (Wildman–Crippen LogP) is 2.40. The van der Waals surface area contributed by atoms with Gasteiger partial charge in [-0.3, -0.25) is 14.6 Å². The number of hydrogen-bond donors (Lipinski definition) is 2. The third-order valence-corrected chi connectivity index (χ3v) is 5.49. The molecule has 0 aliphatic carbocycles. The summed E-state index contributed by atoms with van der Waals surface area (Å²) in [7, 11) is 2.96. The summed E-state index contributed by atoms with van der Waals surface area (Å²) in [6, 6.07) is 12.6. The molecule has 0 spiro atoms. The molecule has 0 bridgehead atoms. The SMILES string of the molecule is COc1cc(OC)c(NC(=O)CN2N=CN3NC(c4ccccc4)CC3C2=O)cc1Cl. The van der Waals surface area contributed by atoms with E-state index in [1.165, 1.54) is 31.6 Å². The average Bonchev–Trinajstić information content (AvgIpc) is 3.22. The fourth-order valence-corrected chi connectivity index (χ4v) is 3.88. The molecule has 31 heavy (non-hydrogen) atoms. The molecule has 4 rings (SSSR count). The van der Waals surface area contributed by atoms with Gasteiger partial charge < -0.3 is 14.8 Å². The van der Waals surface area contributed by atoms with Crippen molar-refractivity contribution in [2.45, 2.75) is 18.5 Å². The summed E-state index contributed by atoms with van der Waals surface area (Å²) in [5.41, 5.74) is 4.74. The summed E-state index contributed by atoms with van der Waals surface area (Å²) in [6.07, 6.45) is 2.11. The maximum atomic E-state index is 12.9. The molecule has 10 heteroatoms. The van der Waals surface area contributed by atoms with Gasteiger partial charge in [0.05, 0.1) is 31.0 Å². The molecule has 162 valence electrons. The number of hydrazone groups is 1. The van der Waals surface area contributed by atoms with E-state index in [1.54, 1.807) is 11.1 Å². The Bertz CT molecular complexity index is 1020. The molecule has 2 aliphatic rings. The maximum Gasteiger partial charge on any atom is 0.267 e. The number of halogens is 1. The second-order valence-electron chi connectivity index (χ2n) is 7.11. The van der Waals surface area contributed by atoms with Gasteiger partial charge in [-0.2, -0.15) is 5.10 Å². The Labute approximate surface area is 184 Å². The number of hydrogen-bond acceptors (Lipinski definition) is 7. The number of anilines is 1. The van der Waals surface area contributed by atoms with Crippen molar-refractivity contribution in [3.05, 3.63) is 53.1 Å². The van der Waals surface area contributed by atoms with Crippen LogP contribution in [0.4, 0.5) is 5.69 Å². The van der Waals surface area contributed by atoms with E-state index in [2.05, 4.69) is 15.8 Å². The normalized spacial score (nSPS) is 19.9. The van der Waals surface area contributed by atoms with Crippen molar-refractivity contribution in [1.29, 1.82) is 0 Å². The average molecular weight is 444 g/mol. The molecule has 2 atom stereocenters. The highest BCUT2D eigenvalue weighted by atomic mass is 35.5. The minimum atomic E-state index is -0.430. The maximum absolute atomic E-state index is 12.9. The zero-order valence-electron chi connectivity index (χ0n) is 17.0. The van der Waals surface area contributed by atoms with Gasteiger partial charge in [0.15, 0.2) is 0 Å². The van der Waals surface area contributed by atoms with E-state index in [-0.39, 0.29) is 18.5 Å². The van der Waals surface area contributed by atoms with Crippen molar-refractivity contribution in [2.24, 2.45) is 5.10 Å². The van der Waals surface area contributed by atoms with Crippen molar-refractivity contribution in [1.82, 2.24) is 15.4 Å². The van der Waals surface area contributed by atoms with Gasteiger partial charge in [-0.05, 0) is 18.1 Å². The fourth-order valence-electron chi connectivity index (χ4n) is 3.64. The Morgan fingerprint density at radius 3 is 2.68 bits per heavy atom. The molecule has 9 nitrogen and oxygen atoms in total. The lowest BCUT2D eigenvalue weighted by atomic mass is 10.0. The number of ether oxygens (including phenoxy) is 2. The van der Waals surface area contributed by atoms with Crippen LogP contribution in [0.3, 0.4) is 0 Å². The largest absolute Gasteiger partial charge is 0.495 e. The second-order valence-corrected chi connectivity index (χ2v) is 7.52. The first kappa shape index (κ1) is 21.0. The number of hydrazine groups is 1. The Hall–Kier alpha value is -3.30. The van der Waals surface area contributed by atoms with Gasteiger partial charge in [-0.15, -0.1) is 0 Å². The van der Waals surface area contributed by atoms with E-state index in [9.17, 15) is 9.59 Å². The standard InChI is InChI=1S/C21H22ClN5O4/c1-30-18-10-19(31-2)16(8-14(18)22)24-20(28)11-26-21(29)17-9-15(25-27(17)12-23-26)13-6-4-3-5-7-13/h3-8,10,12,15,17,25H,9,11H2,1-2H3,(H,24,28). The molecule has 1 fully saturated rings. The summed E-state index contributed by atoms with van der Waals surface area (Å²) in [6.45, 7) is -0.234. The third-order valence-electron chi connectivity index (χ3n) is 5.20. The van der Waals surface area contributed by atoms with Crippen LogP contribution in [0.25, 0.3) is 0 Å². The number of benzene rings is 2. The van der Waals surface area contributed by atoms with E-state index in [0.717, 1.165) is 5.56 Å². The van der Waals surface area contributed by atoms with Gasteiger partial charge in [0.1, 0.15) is 30.4 Å². The summed E-state index contributed by atoms with van der Waals surface area (Å²) >= 11 is 6.15. The first-order valence-corrected chi connectivity index (χ1v) is 10.0. The topological polar surface area (TPSA) is 95.5 Å². The van der Waals surface area contributed by atoms with Crippen LogP contribution in [0.5, 0.6) is 11.5 Å². The van der Waals surface area contributed by atoms with Crippen LogP contribution >= 0.6 is 11.6 Å². The zero-order valence-corrected chi connectivity index (χ0v) is 17.8.